The lowest BCUT2D eigenvalue weighted by Gasteiger charge is -2.34. The third-order valence-electron chi connectivity index (χ3n) is 5.50. The summed E-state index contributed by atoms with van der Waals surface area (Å²) < 4.78 is 87.4. The molecule has 0 aliphatic carbocycles. The van der Waals surface area contributed by atoms with Gasteiger partial charge in [0.05, 0.1) is 16.5 Å². The second-order valence-electron chi connectivity index (χ2n) is 8.48. The van der Waals surface area contributed by atoms with Gasteiger partial charge in [-0.2, -0.15) is 18.3 Å². The van der Waals surface area contributed by atoms with Crippen LogP contribution in [-0.2, 0) is 9.84 Å². The summed E-state index contributed by atoms with van der Waals surface area (Å²) in [6.07, 6.45) is -1.83. The minimum atomic E-state index is -4.61. The molecule has 194 valence electrons. The number of hydrogen-bond acceptors (Lipinski definition) is 7. The van der Waals surface area contributed by atoms with Gasteiger partial charge < -0.3 is 14.8 Å². The molecular weight excluding hydrogens is 532 g/mol. The second-order valence-corrected chi connectivity index (χ2v) is 11.2. The van der Waals surface area contributed by atoms with E-state index in [1.54, 1.807) is 6.92 Å². The first-order valence-electron chi connectivity index (χ1n) is 10.5. The van der Waals surface area contributed by atoms with Crippen molar-refractivity contribution in [3.63, 3.8) is 0 Å². The van der Waals surface area contributed by atoms with Crippen molar-refractivity contribution in [3.8, 4) is 17.4 Å². The molecule has 1 amide bonds. The number of hydrogen-bond donors (Lipinski definition) is 1. The summed E-state index contributed by atoms with van der Waals surface area (Å²) in [5.74, 6) is -2.71. The molecule has 15 heteroatoms. The molecule has 1 fully saturated rings. The van der Waals surface area contributed by atoms with E-state index in [1.807, 2.05) is 0 Å². The Kier molecular flexibility index (Phi) is 6.77. The minimum absolute atomic E-state index is 0.0109. The van der Waals surface area contributed by atoms with E-state index in [1.165, 1.54) is 18.3 Å². The predicted molar refractivity (Wildman–Crippen MR) is 120 cm³/mol. The molecule has 0 bridgehead atoms. The number of carbonyl (C=O) groups is 1. The van der Waals surface area contributed by atoms with Crippen molar-refractivity contribution >= 4 is 32.9 Å². The van der Waals surface area contributed by atoms with Gasteiger partial charge in [0.15, 0.2) is 23.9 Å². The summed E-state index contributed by atoms with van der Waals surface area (Å²) in [5, 5.41) is 6.62. The van der Waals surface area contributed by atoms with E-state index in [-0.39, 0.29) is 52.3 Å². The molecule has 3 aromatic rings. The van der Waals surface area contributed by atoms with Crippen molar-refractivity contribution in [1.29, 1.82) is 0 Å². The van der Waals surface area contributed by atoms with Gasteiger partial charge in [0.25, 0.3) is 11.8 Å². The maximum atomic E-state index is 15.1. The molecule has 0 aromatic carbocycles. The van der Waals surface area contributed by atoms with Crippen LogP contribution in [0.2, 0.25) is 5.02 Å². The largest absolute Gasteiger partial charge is 0.478 e. The highest BCUT2D eigenvalue weighted by Crippen LogP contribution is 2.33. The van der Waals surface area contributed by atoms with Gasteiger partial charge >= 0.3 is 6.18 Å². The third-order valence-corrected chi connectivity index (χ3v) is 7.36. The van der Waals surface area contributed by atoms with Gasteiger partial charge in [-0.3, -0.25) is 4.79 Å². The van der Waals surface area contributed by atoms with Crippen LogP contribution in [-0.4, -0.2) is 58.8 Å². The lowest BCUT2D eigenvalue weighted by molar-refractivity contribution is -0.153. The first kappa shape index (κ1) is 25.9. The number of carbonyl (C=O) groups excluding carboxylic acids is 1. The third kappa shape index (κ3) is 5.98. The minimum Gasteiger partial charge on any atom is -0.478 e. The molecule has 1 N–H and O–H groups in total. The van der Waals surface area contributed by atoms with Gasteiger partial charge in [-0.25, -0.2) is 22.3 Å². The van der Waals surface area contributed by atoms with Crippen LogP contribution in [0.25, 0.3) is 5.52 Å². The fraction of sp³-hybridized carbons (Fsp3) is 0.381. The van der Waals surface area contributed by atoms with Crippen molar-refractivity contribution in [1.82, 2.24) is 19.9 Å². The van der Waals surface area contributed by atoms with Gasteiger partial charge in [-0.15, -0.1) is 0 Å². The topological polar surface area (TPSA) is 112 Å². The first-order chi connectivity index (χ1) is 16.7. The molecule has 9 nitrogen and oxygen atoms in total. The summed E-state index contributed by atoms with van der Waals surface area (Å²) >= 11 is 5.79. The SMILES string of the molecule is CC1(NC(=O)c2nn3ccc(Oc4ncc(Cl)cc4OCC(F)(F)F)cc3c2F)CCS(=O)(=O)CC1. The molecule has 36 heavy (non-hydrogen) atoms. The summed E-state index contributed by atoms with van der Waals surface area (Å²) in [6.45, 7) is 0.0712. The number of ether oxygens (including phenoxy) is 2. The Morgan fingerprint density at radius 1 is 1.28 bits per heavy atom. The van der Waals surface area contributed by atoms with Crippen LogP contribution >= 0.6 is 11.6 Å². The fourth-order valence-corrected chi connectivity index (χ4v) is 5.39. The Hall–Kier alpha value is -3.13. The van der Waals surface area contributed by atoms with E-state index in [4.69, 9.17) is 21.1 Å². The first-order valence-corrected chi connectivity index (χ1v) is 12.7. The second kappa shape index (κ2) is 9.39. The Labute approximate surface area is 207 Å². The normalized spacial score (nSPS) is 17.1. The zero-order chi connectivity index (χ0) is 26.3. The van der Waals surface area contributed by atoms with Gasteiger partial charge in [0, 0.05) is 30.1 Å². The fourth-order valence-electron chi connectivity index (χ4n) is 3.51. The molecule has 0 unspecified atom stereocenters. The molecule has 1 aliphatic rings. The molecule has 4 heterocycles. The van der Waals surface area contributed by atoms with E-state index in [9.17, 15) is 26.4 Å². The van der Waals surface area contributed by atoms with E-state index >= 15 is 4.39 Å². The highest BCUT2D eigenvalue weighted by molar-refractivity contribution is 7.91. The van der Waals surface area contributed by atoms with Crippen LogP contribution in [0.4, 0.5) is 17.6 Å². The summed E-state index contributed by atoms with van der Waals surface area (Å²) in [4.78, 5) is 16.6. The van der Waals surface area contributed by atoms with Crippen molar-refractivity contribution in [2.75, 3.05) is 18.1 Å². The lowest BCUT2D eigenvalue weighted by atomic mass is 9.94. The number of nitrogens with zero attached hydrogens (tertiary/aromatic N) is 3. The van der Waals surface area contributed by atoms with E-state index in [0.717, 1.165) is 16.8 Å². The van der Waals surface area contributed by atoms with E-state index in [0.29, 0.717) is 0 Å². The predicted octanol–water partition coefficient (Wildman–Crippen LogP) is 3.95. The molecule has 1 saturated heterocycles. The van der Waals surface area contributed by atoms with E-state index in [2.05, 4.69) is 15.4 Å². The molecule has 0 saturated carbocycles. The number of fused-ring (bicyclic) bond motifs is 1. The molecule has 3 aromatic heterocycles. The monoisotopic (exact) mass is 550 g/mol. The van der Waals surface area contributed by atoms with E-state index < -0.39 is 45.6 Å². The molecular formula is C21H19ClF4N4O5S. The van der Waals surface area contributed by atoms with Crippen LogP contribution in [0.3, 0.4) is 0 Å². The average Bonchev–Trinajstić information content (AvgIpc) is 3.12. The molecule has 0 radical (unpaired) electrons. The Morgan fingerprint density at radius 2 is 1.97 bits per heavy atom. The van der Waals surface area contributed by atoms with Gasteiger partial charge in [0.1, 0.15) is 21.1 Å². The van der Waals surface area contributed by atoms with Crippen LogP contribution < -0.4 is 14.8 Å². The van der Waals surface area contributed by atoms with Crippen LogP contribution in [0.1, 0.15) is 30.3 Å². The molecule has 0 spiro atoms. The molecule has 0 atom stereocenters. The zero-order valence-electron chi connectivity index (χ0n) is 18.6. The highest BCUT2D eigenvalue weighted by Gasteiger charge is 2.36. The molecule has 1 aliphatic heterocycles. The number of sulfone groups is 1. The van der Waals surface area contributed by atoms with Crippen molar-refractivity contribution in [2.24, 2.45) is 0 Å². The smallest absolute Gasteiger partial charge is 0.422 e. The van der Waals surface area contributed by atoms with Crippen LogP contribution in [0.5, 0.6) is 17.4 Å². The maximum Gasteiger partial charge on any atom is 0.422 e. The lowest BCUT2D eigenvalue weighted by Crippen LogP contribution is -2.51. The quantitative estimate of drug-likeness (QED) is 0.462. The molecule has 4 rings (SSSR count). The van der Waals surface area contributed by atoms with Crippen molar-refractivity contribution in [2.45, 2.75) is 31.5 Å². The van der Waals surface area contributed by atoms with Crippen molar-refractivity contribution in [3.05, 3.63) is 47.1 Å². The summed E-state index contributed by atoms with van der Waals surface area (Å²) in [7, 11) is -3.17. The zero-order valence-corrected chi connectivity index (χ0v) is 20.2. The number of nitrogens with one attached hydrogen (secondary N) is 1. The number of alkyl halides is 3. The standard InChI is InChI=1S/C21H19ClF4N4O5S/c1-20(3-6-36(32,33)7-4-20)28-18(31)17-16(23)14-9-13(2-5-30(14)29-17)35-19-15(8-12(22)10-27-19)34-11-21(24,25)26/h2,5,8-10H,3-4,6-7,11H2,1H3,(H,28,31). The number of aromatic nitrogens is 3. The Balaban J connectivity index is 1.55. The van der Waals surface area contributed by atoms with Gasteiger partial charge in [-0.05, 0) is 25.8 Å². The number of rotatable bonds is 6. The van der Waals surface area contributed by atoms with Gasteiger partial charge in [0.2, 0.25) is 0 Å². The van der Waals surface area contributed by atoms with Crippen LogP contribution in [0.15, 0.2) is 30.6 Å². The number of halogens is 5. The van der Waals surface area contributed by atoms with Crippen LogP contribution in [0, 0.1) is 5.82 Å². The Morgan fingerprint density at radius 3 is 2.64 bits per heavy atom. The summed E-state index contributed by atoms with van der Waals surface area (Å²) in [5.41, 5.74) is -1.51. The Bertz CT molecular complexity index is 1410. The average molecular weight is 551 g/mol. The van der Waals surface area contributed by atoms with Crippen molar-refractivity contribution < 1.29 is 40.2 Å². The maximum absolute atomic E-state index is 15.1. The number of pyridine rings is 2. The van der Waals surface area contributed by atoms with Gasteiger partial charge in [-0.1, -0.05) is 11.6 Å². The summed E-state index contributed by atoms with van der Waals surface area (Å²) in [6, 6.07) is 3.60. The highest BCUT2D eigenvalue weighted by atomic mass is 35.5. The number of amides is 1.